The molecule has 1 saturated heterocycles. The molecule has 1 saturated carbocycles. The summed E-state index contributed by atoms with van der Waals surface area (Å²) in [5.41, 5.74) is 9.16. The van der Waals surface area contributed by atoms with Gasteiger partial charge >= 0.3 is 0 Å². The van der Waals surface area contributed by atoms with Gasteiger partial charge in [0.15, 0.2) is 0 Å². The van der Waals surface area contributed by atoms with Crippen LogP contribution in [0, 0.1) is 59.2 Å². The number of carbonyl (C=O) groups is 1. The van der Waals surface area contributed by atoms with Gasteiger partial charge in [0, 0.05) is 96.7 Å². The number of hydrogen-bond acceptors (Lipinski definition) is 12. The van der Waals surface area contributed by atoms with Gasteiger partial charge in [-0.25, -0.2) is 4.52 Å². The number of aliphatic hydroxyl groups excluding tert-OH is 1. The van der Waals surface area contributed by atoms with E-state index in [1.807, 2.05) is 82.0 Å². The summed E-state index contributed by atoms with van der Waals surface area (Å²) in [4.78, 5) is 17.2. The van der Waals surface area contributed by atoms with E-state index >= 15 is 0 Å². The second-order valence-corrected chi connectivity index (χ2v) is 21.3. The molecule has 18 heteroatoms. The zero-order valence-electron chi connectivity index (χ0n) is 41.2. The van der Waals surface area contributed by atoms with Crippen LogP contribution in [0.25, 0.3) is 39.0 Å². The molecule has 366 valence electrons. The largest absolute Gasteiger partial charge is 0.384 e. The van der Waals surface area contributed by atoms with Crippen molar-refractivity contribution in [1.29, 1.82) is 21.0 Å². The van der Waals surface area contributed by atoms with Gasteiger partial charge in [-0.2, -0.15) is 36.3 Å². The third-order valence-corrected chi connectivity index (χ3v) is 16.4. The lowest BCUT2D eigenvalue weighted by Crippen LogP contribution is -2.43. The van der Waals surface area contributed by atoms with Crippen LogP contribution in [0.4, 0.5) is 0 Å². The van der Waals surface area contributed by atoms with E-state index in [4.69, 9.17) is 10.2 Å². The number of fused-ring (bicyclic) bond motifs is 2. The normalized spacial score (nSPS) is 16.6. The first-order chi connectivity index (χ1) is 35.4. The van der Waals surface area contributed by atoms with Crippen molar-refractivity contribution in [3.63, 3.8) is 0 Å². The number of likely N-dealkylation sites (tertiary alicyclic amines) is 1. The quantitative estimate of drug-likeness (QED) is 0.110. The molecule has 0 spiro atoms. The number of rotatable bonds is 12. The van der Waals surface area contributed by atoms with Crippen LogP contribution in [0.15, 0.2) is 111 Å². The molecule has 1 atom stereocenters. The molecule has 7 heterocycles. The molecule has 8 aromatic rings. The van der Waals surface area contributed by atoms with Crippen LogP contribution in [-0.2, 0) is 4.79 Å². The molecule has 6 aromatic heterocycles. The topological polar surface area (TPSA) is 209 Å². The van der Waals surface area contributed by atoms with Gasteiger partial charge < -0.3 is 15.3 Å². The minimum Gasteiger partial charge on any atom is -0.384 e. The Bertz CT molecular complexity index is 3610. The van der Waals surface area contributed by atoms with Crippen molar-refractivity contribution in [1.82, 2.24) is 43.9 Å². The first kappa shape index (κ1) is 48.9. The number of nitrogens with one attached hydrogen (secondary N) is 1. The molecule has 1 amide bonds. The molecule has 0 radical (unpaired) electrons. The van der Waals surface area contributed by atoms with Crippen molar-refractivity contribution in [2.24, 2.45) is 0 Å². The van der Waals surface area contributed by atoms with Crippen molar-refractivity contribution in [2.45, 2.75) is 123 Å². The van der Waals surface area contributed by atoms with Gasteiger partial charge in [0.2, 0.25) is 11.9 Å². The Balaban J connectivity index is 1.02. The van der Waals surface area contributed by atoms with Gasteiger partial charge in [-0.05, 0) is 89.6 Å². The maximum atomic E-state index is 12.5. The highest BCUT2D eigenvalue weighted by atomic mass is 32.2. The van der Waals surface area contributed by atoms with E-state index in [0.717, 1.165) is 74.0 Å². The van der Waals surface area contributed by atoms with Crippen molar-refractivity contribution >= 4 is 40.5 Å². The molecule has 73 heavy (non-hydrogen) atoms. The first-order valence-corrected chi connectivity index (χ1v) is 26.1. The number of nitrogens with zero attached hydrogens (tertiary/aromatic N) is 13. The highest BCUT2D eigenvalue weighted by molar-refractivity contribution is 8.00. The third-order valence-electron chi connectivity index (χ3n) is 14.2. The van der Waals surface area contributed by atoms with Gasteiger partial charge in [0.1, 0.15) is 41.5 Å². The lowest BCUT2D eigenvalue weighted by atomic mass is 9.90. The summed E-state index contributed by atoms with van der Waals surface area (Å²) in [7, 11) is 0. The van der Waals surface area contributed by atoms with Crippen LogP contribution in [0.3, 0.4) is 0 Å². The number of hydrogen-bond donors (Lipinski definition) is 2. The number of pyridine rings is 2. The molecular formula is C55H53N14O2S2+. The summed E-state index contributed by atoms with van der Waals surface area (Å²) < 4.78 is 9.69. The molecule has 0 unspecified atom stereocenters. The number of piperidine rings is 1. The van der Waals surface area contributed by atoms with Crippen LogP contribution in [0.2, 0.25) is 0 Å². The summed E-state index contributed by atoms with van der Waals surface area (Å²) in [6, 6.07) is 27.8. The number of nitriles is 4. The number of aliphatic hydroxyl groups is 1. The molecule has 2 aliphatic rings. The number of benzene rings is 2. The Labute approximate surface area is 431 Å². The van der Waals surface area contributed by atoms with Crippen LogP contribution in [0.5, 0.6) is 0 Å². The second kappa shape index (κ2) is 20.4. The summed E-state index contributed by atoms with van der Waals surface area (Å²) in [5.74, 6) is -0.270. The average molecular weight is 1010 g/mol. The Kier molecular flexibility index (Phi) is 13.7. The monoisotopic (exact) mass is 1010 g/mol. The summed E-state index contributed by atoms with van der Waals surface area (Å²) >= 11 is 2.79. The van der Waals surface area contributed by atoms with Crippen LogP contribution < -0.4 is 10.00 Å². The van der Waals surface area contributed by atoms with Gasteiger partial charge in [-0.3, -0.25) is 14.2 Å². The number of aromatic nitrogens is 8. The molecular weight excluding hydrogens is 953 g/mol. The van der Waals surface area contributed by atoms with Gasteiger partial charge in [0.05, 0.1) is 59.1 Å². The van der Waals surface area contributed by atoms with Crippen LogP contribution >= 0.6 is 23.5 Å². The summed E-state index contributed by atoms with van der Waals surface area (Å²) in [5, 5.41) is 69.8. The van der Waals surface area contributed by atoms with E-state index < -0.39 is 6.10 Å². The van der Waals surface area contributed by atoms with Gasteiger partial charge in [0.25, 0.3) is 5.91 Å². The Morgan fingerprint density at radius 2 is 1.27 bits per heavy atom. The van der Waals surface area contributed by atoms with Crippen molar-refractivity contribution in [3.05, 3.63) is 125 Å². The molecule has 1 aliphatic carbocycles. The second-order valence-electron chi connectivity index (χ2n) is 19.2. The minimum absolute atomic E-state index is 0.0452. The van der Waals surface area contributed by atoms with Crippen molar-refractivity contribution < 1.29 is 14.6 Å². The molecule has 2 aromatic carbocycles. The van der Waals surface area contributed by atoms with E-state index in [1.54, 1.807) is 33.9 Å². The fraction of sp³-hybridized carbons (Fsp3) is 0.327. The Morgan fingerprint density at radius 3 is 1.89 bits per heavy atom. The molecule has 0 bridgehead atoms. The maximum Gasteiger partial charge on any atom is 0.251 e. The van der Waals surface area contributed by atoms with E-state index in [-0.39, 0.29) is 11.9 Å². The summed E-state index contributed by atoms with van der Waals surface area (Å²) in [6.45, 7) is 11.0. The molecule has 10 rings (SSSR count). The van der Waals surface area contributed by atoms with Crippen LogP contribution in [-0.4, -0.2) is 80.9 Å². The number of carbonyl (C=O) groups excluding carboxylic acids is 1. The van der Waals surface area contributed by atoms with E-state index in [0.29, 0.717) is 87.9 Å². The van der Waals surface area contributed by atoms with Crippen LogP contribution in [0.1, 0.15) is 105 Å². The Morgan fingerprint density at radius 1 is 0.685 bits per heavy atom. The van der Waals surface area contributed by atoms with E-state index in [1.165, 1.54) is 30.4 Å². The number of amides is 1. The van der Waals surface area contributed by atoms with Crippen molar-refractivity contribution in [3.8, 4) is 52.2 Å². The van der Waals surface area contributed by atoms with Gasteiger partial charge in [-0.15, -0.1) is 4.52 Å². The van der Waals surface area contributed by atoms with Gasteiger partial charge in [-0.1, -0.05) is 54.2 Å². The predicted molar refractivity (Wildman–Crippen MR) is 276 cm³/mol. The standard InChI is InChI=1S/C55H53N14O2S2/c1-33(2)63-43-10-12-44(13-11-43)68-34(3)47(28-61-68)39-21-51(53-41(25-58)27-60-65(53)30-39)73-50-15-14-46(20-38(50)24-57)66-32-42(26-59)54-52(72-49-9-7-6-8-37(49)23-56)22-40(31-67(54)66)48-29-62-69(35(48)4)45-16-18-64(19-17-45)55(71)36(5)70/h6-9,14-15,20-22,27-33,36,43-45,63,70H,10-13,16-19H2,1-5H3/q+1/t36-,43-,44-/m0/s1. The van der Waals surface area contributed by atoms with Crippen molar-refractivity contribution in [2.75, 3.05) is 13.1 Å². The first-order valence-electron chi connectivity index (χ1n) is 24.5. The van der Waals surface area contributed by atoms with E-state index in [2.05, 4.69) is 66.2 Å². The molecule has 2 fully saturated rings. The predicted octanol–water partition coefficient (Wildman–Crippen LogP) is 9.02. The lowest BCUT2D eigenvalue weighted by molar-refractivity contribution is -0.667. The summed E-state index contributed by atoms with van der Waals surface area (Å²) in [6.07, 6.45) is 15.6. The molecule has 1 aliphatic heterocycles. The fourth-order valence-electron chi connectivity index (χ4n) is 10.5. The fourth-order valence-corrected chi connectivity index (χ4v) is 12.7. The highest BCUT2D eigenvalue weighted by Crippen LogP contribution is 2.41. The third kappa shape index (κ3) is 9.36. The zero-order valence-corrected chi connectivity index (χ0v) is 42.8. The minimum atomic E-state index is -1.05. The Hall–Kier alpha value is -7.71. The smallest absolute Gasteiger partial charge is 0.251 e. The highest BCUT2D eigenvalue weighted by Gasteiger charge is 2.31. The molecule has 16 nitrogen and oxygen atoms in total. The maximum absolute atomic E-state index is 12.5. The van der Waals surface area contributed by atoms with E-state index in [9.17, 15) is 30.9 Å². The lowest BCUT2D eigenvalue weighted by Gasteiger charge is -2.33. The average Bonchev–Trinajstić information content (AvgIpc) is 4.20. The SMILES string of the molecule is Cc1c(-c2cc(Sc3ccccc3C#N)c3c(C#N)c[n+](-c4ccc(Sc5cc(-c6cnn([C@H]7CC[C@H](NC(C)C)CC7)c6C)cn6ncc(C#N)c56)c(C#N)c4)n3c2)cnn1C1CCN(C(=O)[C@H](C)O)CC1. The molecule has 2 N–H and O–H groups in total. The zero-order chi connectivity index (χ0) is 51.1.